The molecule has 2 heterocycles. The van der Waals surface area contributed by atoms with E-state index < -0.39 is 0 Å². The number of hydrogen-bond donors (Lipinski definition) is 2. The zero-order chi connectivity index (χ0) is 8.72. The van der Waals surface area contributed by atoms with Crippen LogP contribution in [-0.2, 0) is 0 Å². The molecule has 3 nitrogen and oxygen atoms in total. The van der Waals surface area contributed by atoms with E-state index in [1.54, 1.807) is 12.3 Å². The summed E-state index contributed by atoms with van der Waals surface area (Å²) in [4.78, 5) is 6.71. The summed E-state index contributed by atoms with van der Waals surface area (Å²) >= 11 is 5.73. The molecule has 12 heavy (non-hydrogen) atoms. The predicted octanol–water partition coefficient (Wildman–Crippen LogP) is 2.23. The third-order valence-electron chi connectivity index (χ3n) is 1.80. The van der Waals surface area contributed by atoms with Crippen molar-refractivity contribution in [2.45, 2.75) is 6.92 Å². The second-order valence-electron chi connectivity index (χ2n) is 2.66. The Labute approximate surface area is 74.0 Å². The minimum Gasteiger partial charge on any atom is -0.494 e. The number of H-pyrrole nitrogens is 1. The standard InChI is InChI=1S/C8H7ClN2O/c1-4-2-6(9)11-5-3-10-8(12)7(4)5/h2-3,10,12H,1H3. The molecule has 0 amide bonds. The lowest BCUT2D eigenvalue weighted by molar-refractivity contribution is 0.462. The first-order valence-electron chi connectivity index (χ1n) is 3.51. The highest BCUT2D eigenvalue weighted by atomic mass is 35.5. The van der Waals surface area contributed by atoms with Crippen LogP contribution < -0.4 is 0 Å². The Kier molecular flexibility index (Phi) is 1.48. The SMILES string of the molecule is Cc1cc(Cl)nc2c[nH]c(O)c12. The molecule has 0 fully saturated rings. The summed E-state index contributed by atoms with van der Waals surface area (Å²) in [5, 5.41) is 10.5. The van der Waals surface area contributed by atoms with Gasteiger partial charge < -0.3 is 10.1 Å². The maximum Gasteiger partial charge on any atom is 0.198 e. The number of aryl methyl sites for hydroxylation is 1. The molecule has 0 aliphatic rings. The molecule has 2 N–H and O–H groups in total. The normalized spacial score (nSPS) is 10.8. The minimum atomic E-state index is 0.145. The first-order chi connectivity index (χ1) is 5.68. The average Bonchev–Trinajstić information content (AvgIpc) is 2.31. The Morgan fingerprint density at radius 1 is 1.58 bits per heavy atom. The van der Waals surface area contributed by atoms with Crippen LogP contribution in [0.25, 0.3) is 10.9 Å². The van der Waals surface area contributed by atoms with E-state index in [1.165, 1.54) is 0 Å². The van der Waals surface area contributed by atoms with Gasteiger partial charge in [-0.05, 0) is 18.6 Å². The second kappa shape index (κ2) is 2.38. The number of hydrogen-bond acceptors (Lipinski definition) is 2. The van der Waals surface area contributed by atoms with E-state index in [0.29, 0.717) is 10.7 Å². The maximum absolute atomic E-state index is 9.34. The summed E-state index contributed by atoms with van der Waals surface area (Å²) in [5.74, 6) is 0.145. The minimum absolute atomic E-state index is 0.145. The monoisotopic (exact) mass is 182 g/mol. The predicted molar refractivity (Wildman–Crippen MR) is 47.5 cm³/mol. The van der Waals surface area contributed by atoms with Crippen LogP contribution in [0.3, 0.4) is 0 Å². The summed E-state index contributed by atoms with van der Waals surface area (Å²) in [6.45, 7) is 1.88. The molecule has 0 aliphatic carbocycles. The van der Waals surface area contributed by atoms with Crippen LogP contribution >= 0.6 is 11.6 Å². The highest BCUT2D eigenvalue weighted by Crippen LogP contribution is 2.27. The first kappa shape index (κ1) is 7.43. The summed E-state index contributed by atoms with van der Waals surface area (Å²) in [5.41, 5.74) is 1.61. The number of rotatable bonds is 0. The molecular formula is C8H7ClN2O. The van der Waals surface area contributed by atoms with Crippen LogP contribution in [0.2, 0.25) is 5.15 Å². The van der Waals surface area contributed by atoms with Gasteiger partial charge in [-0.15, -0.1) is 0 Å². The van der Waals surface area contributed by atoms with E-state index in [1.807, 2.05) is 6.92 Å². The fourth-order valence-electron chi connectivity index (χ4n) is 1.28. The van der Waals surface area contributed by atoms with Crippen LogP contribution in [0, 0.1) is 6.92 Å². The number of pyridine rings is 1. The molecule has 0 spiro atoms. The van der Waals surface area contributed by atoms with Gasteiger partial charge in [-0.3, -0.25) is 0 Å². The van der Waals surface area contributed by atoms with Crippen molar-refractivity contribution in [2.75, 3.05) is 0 Å². The van der Waals surface area contributed by atoms with Gasteiger partial charge in [-0.2, -0.15) is 0 Å². The lowest BCUT2D eigenvalue weighted by Gasteiger charge is -1.96. The molecule has 0 bridgehead atoms. The zero-order valence-corrected chi connectivity index (χ0v) is 7.18. The molecule has 0 aromatic carbocycles. The van der Waals surface area contributed by atoms with E-state index in [4.69, 9.17) is 11.6 Å². The molecular weight excluding hydrogens is 176 g/mol. The van der Waals surface area contributed by atoms with Crippen LogP contribution in [0.4, 0.5) is 0 Å². The van der Waals surface area contributed by atoms with E-state index in [-0.39, 0.29) is 5.88 Å². The Morgan fingerprint density at radius 2 is 2.33 bits per heavy atom. The van der Waals surface area contributed by atoms with Gasteiger partial charge in [-0.1, -0.05) is 11.6 Å². The van der Waals surface area contributed by atoms with Gasteiger partial charge in [0.2, 0.25) is 0 Å². The third-order valence-corrected chi connectivity index (χ3v) is 1.99. The van der Waals surface area contributed by atoms with Crippen molar-refractivity contribution in [3.63, 3.8) is 0 Å². The second-order valence-corrected chi connectivity index (χ2v) is 3.05. The molecule has 0 saturated heterocycles. The molecule has 2 aromatic rings. The van der Waals surface area contributed by atoms with Gasteiger partial charge in [-0.25, -0.2) is 4.98 Å². The van der Waals surface area contributed by atoms with Crippen LogP contribution in [0.1, 0.15) is 5.56 Å². The van der Waals surface area contributed by atoms with Gasteiger partial charge >= 0.3 is 0 Å². The summed E-state index contributed by atoms with van der Waals surface area (Å²) < 4.78 is 0. The van der Waals surface area contributed by atoms with Gasteiger partial charge in [0.05, 0.1) is 10.9 Å². The fraction of sp³-hybridized carbons (Fsp3) is 0.125. The number of nitrogens with one attached hydrogen (secondary N) is 1. The maximum atomic E-state index is 9.34. The molecule has 0 radical (unpaired) electrons. The highest BCUT2D eigenvalue weighted by Gasteiger charge is 2.06. The Morgan fingerprint density at radius 3 is 3.08 bits per heavy atom. The number of halogens is 1. The van der Waals surface area contributed by atoms with Crippen molar-refractivity contribution in [3.05, 3.63) is 23.0 Å². The molecule has 0 unspecified atom stereocenters. The number of aromatic nitrogens is 2. The lowest BCUT2D eigenvalue weighted by atomic mass is 10.2. The summed E-state index contributed by atoms with van der Waals surface area (Å²) in [7, 11) is 0. The Balaban J connectivity index is 2.93. The number of aromatic hydroxyl groups is 1. The highest BCUT2D eigenvalue weighted by molar-refractivity contribution is 6.30. The van der Waals surface area contributed by atoms with E-state index in [9.17, 15) is 5.11 Å². The largest absolute Gasteiger partial charge is 0.494 e. The van der Waals surface area contributed by atoms with Crippen LogP contribution in [0.15, 0.2) is 12.3 Å². The number of aromatic amines is 1. The Bertz CT molecular complexity index is 436. The third kappa shape index (κ3) is 0.940. The van der Waals surface area contributed by atoms with Gasteiger partial charge in [0.1, 0.15) is 5.15 Å². The van der Waals surface area contributed by atoms with Crippen molar-refractivity contribution in [3.8, 4) is 5.88 Å². The van der Waals surface area contributed by atoms with E-state index in [2.05, 4.69) is 9.97 Å². The first-order valence-corrected chi connectivity index (χ1v) is 3.89. The molecule has 0 aliphatic heterocycles. The summed E-state index contributed by atoms with van der Waals surface area (Å²) in [6.07, 6.45) is 1.63. The average molecular weight is 183 g/mol. The van der Waals surface area contributed by atoms with Crippen molar-refractivity contribution in [2.24, 2.45) is 0 Å². The zero-order valence-electron chi connectivity index (χ0n) is 6.43. The van der Waals surface area contributed by atoms with Crippen LogP contribution in [0.5, 0.6) is 5.88 Å². The number of nitrogens with zero attached hydrogens (tertiary/aromatic N) is 1. The molecule has 62 valence electrons. The lowest BCUT2D eigenvalue weighted by Crippen LogP contribution is -1.79. The van der Waals surface area contributed by atoms with Gasteiger partial charge in [0.15, 0.2) is 5.88 Å². The van der Waals surface area contributed by atoms with Crippen molar-refractivity contribution in [1.82, 2.24) is 9.97 Å². The molecule has 2 aromatic heterocycles. The molecule has 4 heteroatoms. The van der Waals surface area contributed by atoms with E-state index in [0.717, 1.165) is 10.9 Å². The topological polar surface area (TPSA) is 48.9 Å². The quantitative estimate of drug-likeness (QED) is 0.614. The van der Waals surface area contributed by atoms with E-state index >= 15 is 0 Å². The van der Waals surface area contributed by atoms with Crippen molar-refractivity contribution >= 4 is 22.5 Å². The Hall–Kier alpha value is -1.22. The molecule has 2 rings (SSSR count). The summed E-state index contributed by atoms with van der Waals surface area (Å²) in [6, 6.07) is 1.72. The fourth-order valence-corrected chi connectivity index (χ4v) is 1.53. The smallest absolute Gasteiger partial charge is 0.198 e. The molecule has 0 saturated carbocycles. The molecule has 0 atom stereocenters. The van der Waals surface area contributed by atoms with Gasteiger partial charge in [0.25, 0.3) is 0 Å². The van der Waals surface area contributed by atoms with Gasteiger partial charge in [0, 0.05) is 6.20 Å². The number of fused-ring (bicyclic) bond motifs is 1. The van der Waals surface area contributed by atoms with Crippen molar-refractivity contribution < 1.29 is 5.11 Å². The van der Waals surface area contributed by atoms with Crippen molar-refractivity contribution in [1.29, 1.82) is 0 Å². The van der Waals surface area contributed by atoms with Crippen LogP contribution in [-0.4, -0.2) is 15.1 Å².